The van der Waals surface area contributed by atoms with Crippen LogP contribution in [0.2, 0.25) is 0 Å². The predicted octanol–water partition coefficient (Wildman–Crippen LogP) is 4.11. The monoisotopic (exact) mass is 460 g/mol. The lowest BCUT2D eigenvalue weighted by Gasteiger charge is -2.36. The summed E-state index contributed by atoms with van der Waals surface area (Å²) in [5, 5.41) is 2.62. The molecule has 4 rings (SSSR count). The van der Waals surface area contributed by atoms with Gasteiger partial charge in [0.25, 0.3) is 0 Å². The van der Waals surface area contributed by atoms with E-state index in [1.54, 1.807) is 25.1 Å². The third-order valence-corrected chi connectivity index (χ3v) is 5.49. The number of nitrogens with one attached hydrogen (secondary N) is 1. The Kier molecular flexibility index (Phi) is 6.43. The van der Waals surface area contributed by atoms with Gasteiger partial charge in [0, 0.05) is 51.4 Å². The van der Waals surface area contributed by atoms with Crippen molar-refractivity contribution in [3.8, 4) is 17.1 Å². The minimum Gasteiger partial charge on any atom is -0.496 e. The minimum atomic E-state index is -1.53. The van der Waals surface area contributed by atoms with Gasteiger partial charge in [-0.3, -0.25) is 0 Å². The van der Waals surface area contributed by atoms with Gasteiger partial charge in [-0.25, -0.2) is 22.9 Å². The van der Waals surface area contributed by atoms with Crippen LogP contribution in [0.15, 0.2) is 40.9 Å². The van der Waals surface area contributed by atoms with Gasteiger partial charge in [-0.05, 0) is 29.8 Å². The molecular weight excluding hydrogens is 437 g/mol. The number of anilines is 1. The highest BCUT2D eigenvalue weighted by Crippen LogP contribution is 2.34. The van der Waals surface area contributed by atoms with Crippen molar-refractivity contribution in [2.45, 2.75) is 13.5 Å². The van der Waals surface area contributed by atoms with E-state index in [-0.39, 0.29) is 18.1 Å². The SMILES string of the molecule is COc1cc(N2CCN(C(=O)NCc3cc(F)c(F)c(F)c3)CC2)ccc1-c1cnc(C)o1. The van der Waals surface area contributed by atoms with Crippen LogP contribution in [0.3, 0.4) is 0 Å². The number of rotatable bonds is 5. The molecule has 0 atom stereocenters. The summed E-state index contributed by atoms with van der Waals surface area (Å²) in [6, 6.07) is 7.17. The number of ether oxygens (including phenoxy) is 1. The molecule has 0 saturated carbocycles. The van der Waals surface area contributed by atoms with E-state index in [4.69, 9.17) is 9.15 Å². The van der Waals surface area contributed by atoms with Crippen molar-refractivity contribution in [2.75, 3.05) is 38.2 Å². The van der Waals surface area contributed by atoms with Gasteiger partial charge >= 0.3 is 6.03 Å². The summed E-state index contributed by atoms with van der Waals surface area (Å²) in [6.07, 6.45) is 1.65. The smallest absolute Gasteiger partial charge is 0.317 e. The van der Waals surface area contributed by atoms with E-state index < -0.39 is 17.5 Å². The maximum atomic E-state index is 13.3. The van der Waals surface area contributed by atoms with Crippen molar-refractivity contribution in [1.82, 2.24) is 15.2 Å². The molecule has 0 spiro atoms. The molecule has 1 aliphatic heterocycles. The molecule has 2 heterocycles. The Bertz CT molecular complexity index is 1140. The molecule has 33 heavy (non-hydrogen) atoms. The number of methoxy groups -OCH3 is 1. The number of hydrogen-bond donors (Lipinski definition) is 1. The number of aryl methyl sites for hydroxylation is 1. The van der Waals surface area contributed by atoms with Crippen LogP contribution >= 0.6 is 0 Å². The molecule has 1 fully saturated rings. The minimum absolute atomic E-state index is 0.104. The molecule has 0 bridgehead atoms. The third-order valence-electron chi connectivity index (χ3n) is 5.49. The van der Waals surface area contributed by atoms with Crippen molar-refractivity contribution in [1.29, 1.82) is 0 Å². The summed E-state index contributed by atoms with van der Waals surface area (Å²) >= 11 is 0. The van der Waals surface area contributed by atoms with Gasteiger partial charge in [-0.1, -0.05) is 0 Å². The predicted molar refractivity (Wildman–Crippen MR) is 116 cm³/mol. The van der Waals surface area contributed by atoms with E-state index in [1.807, 2.05) is 18.2 Å². The summed E-state index contributed by atoms with van der Waals surface area (Å²) in [5.41, 5.74) is 1.89. The molecule has 1 N–H and O–H groups in total. The van der Waals surface area contributed by atoms with Gasteiger partial charge in [0.2, 0.25) is 0 Å². The topological polar surface area (TPSA) is 70.8 Å². The zero-order valence-electron chi connectivity index (χ0n) is 18.2. The van der Waals surface area contributed by atoms with Gasteiger partial charge in [-0.15, -0.1) is 0 Å². The first-order valence-corrected chi connectivity index (χ1v) is 10.4. The van der Waals surface area contributed by atoms with Crippen LogP contribution in [-0.4, -0.2) is 49.2 Å². The normalized spacial score (nSPS) is 13.8. The number of halogens is 3. The largest absolute Gasteiger partial charge is 0.496 e. The molecule has 0 unspecified atom stereocenters. The molecule has 1 saturated heterocycles. The van der Waals surface area contributed by atoms with E-state index in [9.17, 15) is 18.0 Å². The lowest BCUT2D eigenvalue weighted by atomic mass is 10.1. The molecule has 10 heteroatoms. The van der Waals surface area contributed by atoms with Crippen molar-refractivity contribution in [3.05, 3.63) is 65.4 Å². The maximum Gasteiger partial charge on any atom is 0.317 e. The Morgan fingerprint density at radius 3 is 2.42 bits per heavy atom. The average Bonchev–Trinajstić information content (AvgIpc) is 3.26. The van der Waals surface area contributed by atoms with Crippen molar-refractivity contribution >= 4 is 11.7 Å². The van der Waals surface area contributed by atoms with Gasteiger partial charge < -0.3 is 24.3 Å². The fourth-order valence-corrected chi connectivity index (χ4v) is 3.73. The molecule has 2 aromatic carbocycles. The first kappa shape index (κ1) is 22.5. The number of amides is 2. The maximum absolute atomic E-state index is 13.3. The lowest BCUT2D eigenvalue weighted by Crippen LogP contribution is -2.51. The second kappa shape index (κ2) is 9.43. The third kappa shape index (κ3) is 4.89. The molecule has 2 amide bonds. The highest BCUT2D eigenvalue weighted by Gasteiger charge is 2.22. The van der Waals surface area contributed by atoms with E-state index in [2.05, 4.69) is 15.2 Å². The Morgan fingerprint density at radius 2 is 1.82 bits per heavy atom. The number of nitrogens with zero attached hydrogens (tertiary/aromatic N) is 3. The lowest BCUT2D eigenvalue weighted by molar-refractivity contribution is 0.194. The summed E-state index contributed by atoms with van der Waals surface area (Å²) < 4.78 is 50.9. The fraction of sp³-hybridized carbons (Fsp3) is 0.304. The fourth-order valence-electron chi connectivity index (χ4n) is 3.73. The molecule has 3 aromatic rings. The van der Waals surface area contributed by atoms with Gasteiger partial charge in [-0.2, -0.15) is 0 Å². The number of carbonyl (C=O) groups excluding carboxylic acids is 1. The molecule has 0 aliphatic carbocycles. The summed E-state index contributed by atoms with van der Waals surface area (Å²) in [6.45, 7) is 3.78. The Labute approximate surface area is 188 Å². The standard InChI is InChI=1S/C23H23F3N4O3/c1-14-27-13-21(33-14)17-4-3-16(11-20(17)32-2)29-5-7-30(8-6-29)23(31)28-12-15-9-18(24)22(26)19(25)10-15/h3-4,9-11,13H,5-8,12H2,1-2H3,(H,28,31). The zero-order chi connectivity index (χ0) is 23.5. The summed E-state index contributed by atoms with van der Waals surface area (Å²) in [7, 11) is 1.59. The van der Waals surface area contributed by atoms with E-state index >= 15 is 0 Å². The van der Waals surface area contributed by atoms with Crippen molar-refractivity contribution in [3.63, 3.8) is 0 Å². The van der Waals surface area contributed by atoms with Crippen LogP contribution in [0.5, 0.6) is 5.75 Å². The highest BCUT2D eigenvalue weighted by atomic mass is 19.2. The molecule has 174 valence electrons. The molecule has 1 aromatic heterocycles. The van der Waals surface area contributed by atoms with Gasteiger partial charge in [0.15, 0.2) is 29.1 Å². The zero-order valence-corrected chi connectivity index (χ0v) is 18.2. The van der Waals surface area contributed by atoms with Crippen LogP contribution in [0.1, 0.15) is 11.5 Å². The number of benzene rings is 2. The van der Waals surface area contributed by atoms with Gasteiger partial charge in [0.05, 0.1) is 18.9 Å². The average molecular weight is 460 g/mol. The quantitative estimate of drug-likeness (QED) is 0.581. The second-order valence-electron chi connectivity index (χ2n) is 7.63. The first-order chi connectivity index (χ1) is 15.9. The number of hydrogen-bond acceptors (Lipinski definition) is 5. The van der Waals surface area contributed by atoms with E-state index in [0.717, 1.165) is 23.4 Å². The number of oxazole rings is 1. The van der Waals surface area contributed by atoms with E-state index in [1.165, 1.54) is 0 Å². The molecule has 1 aliphatic rings. The Hall–Kier alpha value is -3.69. The molecule has 7 nitrogen and oxygen atoms in total. The molecule has 0 radical (unpaired) electrons. The second-order valence-corrected chi connectivity index (χ2v) is 7.63. The highest BCUT2D eigenvalue weighted by molar-refractivity contribution is 5.75. The van der Waals surface area contributed by atoms with Gasteiger partial charge in [0.1, 0.15) is 5.75 Å². The summed E-state index contributed by atoms with van der Waals surface area (Å²) in [4.78, 5) is 20.3. The van der Waals surface area contributed by atoms with Crippen LogP contribution in [0.25, 0.3) is 11.3 Å². The van der Waals surface area contributed by atoms with Crippen LogP contribution in [0.4, 0.5) is 23.7 Å². The summed E-state index contributed by atoms with van der Waals surface area (Å²) in [5.74, 6) is -2.25. The molecular formula is C23H23F3N4O3. The Balaban J connectivity index is 1.35. The van der Waals surface area contributed by atoms with Crippen molar-refractivity contribution in [2.24, 2.45) is 0 Å². The number of piperazine rings is 1. The van der Waals surface area contributed by atoms with Crippen LogP contribution < -0.4 is 15.0 Å². The van der Waals surface area contributed by atoms with Crippen molar-refractivity contribution < 1.29 is 27.1 Å². The number of carbonyl (C=O) groups is 1. The van der Waals surface area contributed by atoms with Crippen LogP contribution in [0, 0.1) is 24.4 Å². The number of urea groups is 1. The first-order valence-electron chi connectivity index (χ1n) is 10.4. The van der Waals surface area contributed by atoms with E-state index in [0.29, 0.717) is 43.6 Å². The Morgan fingerprint density at radius 1 is 1.12 bits per heavy atom. The number of aromatic nitrogens is 1. The van der Waals surface area contributed by atoms with Crippen LogP contribution in [-0.2, 0) is 6.54 Å².